The van der Waals surface area contributed by atoms with E-state index in [1.165, 1.54) is 12.1 Å². The summed E-state index contributed by atoms with van der Waals surface area (Å²) < 4.78 is 17.9. The molecule has 1 aliphatic rings. The maximum atomic E-state index is 13.6. The molecule has 178 valence electrons. The second-order valence-corrected chi connectivity index (χ2v) is 9.00. The first-order valence-electron chi connectivity index (χ1n) is 11.6. The fourth-order valence-corrected chi connectivity index (χ4v) is 4.63. The van der Waals surface area contributed by atoms with E-state index < -0.39 is 0 Å². The third-order valence-electron chi connectivity index (χ3n) is 6.30. The highest BCUT2D eigenvalue weighted by molar-refractivity contribution is 7.71. The summed E-state index contributed by atoms with van der Waals surface area (Å²) in [6.07, 6.45) is 0. The molecule has 1 aromatic heterocycles. The van der Waals surface area contributed by atoms with E-state index in [1.807, 2.05) is 63.8 Å². The number of benzene rings is 3. The number of ketones is 1. The SMILES string of the molecule is CC(=O)c1ccc(N2CCN(Cn3nc(-c4ccccc4)n(-c4ccc(F)cc4)c3=S)CC2)cc1. The van der Waals surface area contributed by atoms with Gasteiger partial charge in [-0.05, 0) is 67.7 Å². The van der Waals surface area contributed by atoms with Crippen molar-refractivity contribution in [1.82, 2.24) is 19.2 Å². The largest absolute Gasteiger partial charge is 0.369 e. The van der Waals surface area contributed by atoms with Gasteiger partial charge in [0.2, 0.25) is 4.77 Å². The number of carbonyl (C=O) groups is 1. The zero-order chi connectivity index (χ0) is 24.4. The molecule has 0 atom stereocenters. The van der Waals surface area contributed by atoms with Crippen LogP contribution >= 0.6 is 12.2 Å². The van der Waals surface area contributed by atoms with Crippen molar-refractivity contribution in [2.75, 3.05) is 31.1 Å². The molecule has 1 saturated heterocycles. The van der Waals surface area contributed by atoms with Crippen LogP contribution in [-0.4, -0.2) is 51.2 Å². The summed E-state index contributed by atoms with van der Waals surface area (Å²) in [6, 6.07) is 24.0. The van der Waals surface area contributed by atoms with Gasteiger partial charge < -0.3 is 4.90 Å². The molecule has 4 aromatic rings. The molecule has 2 heterocycles. The fraction of sp³-hybridized carbons (Fsp3) is 0.222. The van der Waals surface area contributed by atoms with Crippen LogP contribution in [0.25, 0.3) is 17.1 Å². The Labute approximate surface area is 208 Å². The van der Waals surface area contributed by atoms with Gasteiger partial charge in [0.1, 0.15) is 5.82 Å². The first-order chi connectivity index (χ1) is 17.0. The highest BCUT2D eigenvalue weighted by Crippen LogP contribution is 2.24. The lowest BCUT2D eigenvalue weighted by molar-refractivity contribution is 0.101. The standard InChI is InChI=1S/C27H26FN5OS/c1-20(34)21-7-11-24(12-8-21)31-17-15-30(16-18-31)19-32-27(35)33(25-13-9-23(28)10-14-25)26(29-32)22-5-3-2-4-6-22/h2-14H,15-19H2,1H3. The Morgan fingerprint density at radius 2 is 1.51 bits per heavy atom. The molecule has 5 rings (SSSR count). The molecule has 0 aliphatic carbocycles. The Bertz CT molecular complexity index is 1370. The smallest absolute Gasteiger partial charge is 0.204 e. The number of hydrogen-bond donors (Lipinski definition) is 0. The Balaban J connectivity index is 1.36. The van der Waals surface area contributed by atoms with Crippen LogP contribution in [0.3, 0.4) is 0 Å². The summed E-state index contributed by atoms with van der Waals surface area (Å²) in [6.45, 7) is 5.62. The number of hydrogen-bond acceptors (Lipinski definition) is 5. The van der Waals surface area contributed by atoms with Crippen LogP contribution < -0.4 is 4.90 Å². The number of Topliss-reactive ketones (excluding diaryl/α,β-unsaturated/α-hetero) is 1. The van der Waals surface area contributed by atoms with E-state index in [1.54, 1.807) is 19.1 Å². The van der Waals surface area contributed by atoms with E-state index >= 15 is 0 Å². The third-order valence-corrected chi connectivity index (χ3v) is 6.69. The number of piperazine rings is 1. The lowest BCUT2D eigenvalue weighted by atomic mass is 10.1. The number of rotatable bonds is 6. The summed E-state index contributed by atoms with van der Waals surface area (Å²) in [5.41, 5.74) is 3.58. The Hall–Kier alpha value is -3.62. The van der Waals surface area contributed by atoms with Crippen LogP contribution in [0, 0.1) is 10.6 Å². The summed E-state index contributed by atoms with van der Waals surface area (Å²) in [5, 5.41) is 4.87. The lowest BCUT2D eigenvalue weighted by Crippen LogP contribution is -2.47. The Morgan fingerprint density at radius 3 is 2.14 bits per heavy atom. The van der Waals surface area contributed by atoms with Crippen molar-refractivity contribution < 1.29 is 9.18 Å². The minimum absolute atomic E-state index is 0.0769. The quantitative estimate of drug-likeness (QED) is 0.277. The summed E-state index contributed by atoms with van der Waals surface area (Å²) in [5.74, 6) is 0.516. The van der Waals surface area contributed by atoms with Gasteiger partial charge >= 0.3 is 0 Å². The Kier molecular flexibility index (Phi) is 6.57. The van der Waals surface area contributed by atoms with E-state index in [2.05, 4.69) is 9.80 Å². The van der Waals surface area contributed by atoms with E-state index in [4.69, 9.17) is 17.3 Å². The van der Waals surface area contributed by atoms with Crippen molar-refractivity contribution >= 4 is 23.7 Å². The molecule has 6 nitrogen and oxygen atoms in total. The maximum absolute atomic E-state index is 13.6. The Morgan fingerprint density at radius 1 is 0.886 bits per heavy atom. The van der Waals surface area contributed by atoms with Gasteiger partial charge in [0.15, 0.2) is 11.6 Å². The van der Waals surface area contributed by atoms with Gasteiger partial charge in [-0.2, -0.15) is 0 Å². The highest BCUT2D eigenvalue weighted by atomic mass is 32.1. The zero-order valence-corrected chi connectivity index (χ0v) is 20.3. The number of carbonyl (C=O) groups excluding carboxylic acids is 1. The van der Waals surface area contributed by atoms with Gasteiger partial charge in [0.05, 0.1) is 12.4 Å². The topological polar surface area (TPSA) is 46.3 Å². The van der Waals surface area contributed by atoms with Crippen molar-refractivity contribution in [3.8, 4) is 17.1 Å². The molecule has 3 aromatic carbocycles. The van der Waals surface area contributed by atoms with E-state index in [0.717, 1.165) is 54.5 Å². The molecule has 35 heavy (non-hydrogen) atoms. The highest BCUT2D eigenvalue weighted by Gasteiger charge is 2.20. The molecule has 0 amide bonds. The molecule has 8 heteroatoms. The van der Waals surface area contributed by atoms with Crippen molar-refractivity contribution in [1.29, 1.82) is 0 Å². The number of nitrogens with zero attached hydrogens (tertiary/aromatic N) is 5. The molecule has 0 radical (unpaired) electrons. The molecule has 1 aliphatic heterocycles. The second kappa shape index (κ2) is 9.93. The molecular weight excluding hydrogens is 461 g/mol. The van der Waals surface area contributed by atoms with Crippen LogP contribution in [0.2, 0.25) is 0 Å². The summed E-state index contributed by atoms with van der Waals surface area (Å²) in [7, 11) is 0. The first kappa shape index (κ1) is 23.1. The molecular formula is C27H26FN5OS. The van der Waals surface area contributed by atoms with E-state index in [0.29, 0.717) is 11.4 Å². The molecule has 0 spiro atoms. The van der Waals surface area contributed by atoms with Crippen molar-refractivity contribution in [3.05, 3.63) is 95.0 Å². The lowest BCUT2D eigenvalue weighted by Gasteiger charge is -2.35. The normalized spacial score (nSPS) is 14.3. The number of anilines is 1. The van der Waals surface area contributed by atoms with Gasteiger partial charge in [0.25, 0.3) is 0 Å². The predicted molar refractivity (Wildman–Crippen MR) is 138 cm³/mol. The first-order valence-corrected chi connectivity index (χ1v) is 12.0. The average Bonchev–Trinajstić information content (AvgIpc) is 3.21. The van der Waals surface area contributed by atoms with Gasteiger partial charge in [-0.3, -0.25) is 14.3 Å². The molecule has 0 unspecified atom stereocenters. The third kappa shape index (κ3) is 4.94. The summed E-state index contributed by atoms with van der Waals surface area (Å²) >= 11 is 5.83. The van der Waals surface area contributed by atoms with E-state index in [-0.39, 0.29) is 11.6 Å². The summed E-state index contributed by atoms with van der Waals surface area (Å²) in [4.78, 5) is 16.2. The fourth-order valence-electron chi connectivity index (χ4n) is 4.34. The maximum Gasteiger partial charge on any atom is 0.204 e. The van der Waals surface area contributed by atoms with Crippen LogP contribution in [0.1, 0.15) is 17.3 Å². The predicted octanol–water partition coefficient (Wildman–Crippen LogP) is 5.19. The zero-order valence-electron chi connectivity index (χ0n) is 19.5. The monoisotopic (exact) mass is 487 g/mol. The minimum atomic E-state index is -0.289. The van der Waals surface area contributed by atoms with Crippen LogP contribution in [0.15, 0.2) is 78.9 Å². The van der Waals surface area contributed by atoms with Crippen LogP contribution in [0.5, 0.6) is 0 Å². The van der Waals surface area contributed by atoms with Gasteiger partial charge in [-0.15, -0.1) is 5.10 Å². The molecule has 0 bridgehead atoms. The van der Waals surface area contributed by atoms with Crippen LogP contribution in [-0.2, 0) is 6.67 Å². The number of aromatic nitrogens is 3. The van der Waals surface area contributed by atoms with Gasteiger partial charge in [0, 0.05) is 43.0 Å². The van der Waals surface area contributed by atoms with Crippen molar-refractivity contribution in [2.45, 2.75) is 13.6 Å². The molecule has 0 saturated carbocycles. The number of halogens is 1. The van der Waals surface area contributed by atoms with Crippen molar-refractivity contribution in [3.63, 3.8) is 0 Å². The van der Waals surface area contributed by atoms with Gasteiger partial charge in [-0.1, -0.05) is 30.3 Å². The van der Waals surface area contributed by atoms with Crippen LogP contribution in [0.4, 0.5) is 10.1 Å². The molecule has 1 fully saturated rings. The van der Waals surface area contributed by atoms with E-state index in [9.17, 15) is 9.18 Å². The average molecular weight is 488 g/mol. The second-order valence-electron chi connectivity index (χ2n) is 8.63. The molecule has 0 N–H and O–H groups in total. The van der Waals surface area contributed by atoms with Gasteiger partial charge in [-0.25, -0.2) is 9.07 Å². The minimum Gasteiger partial charge on any atom is -0.369 e. The van der Waals surface area contributed by atoms with Crippen molar-refractivity contribution in [2.24, 2.45) is 0 Å².